The summed E-state index contributed by atoms with van der Waals surface area (Å²) in [5.41, 5.74) is 0.587. The van der Waals surface area contributed by atoms with E-state index in [1.807, 2.05) is 0 Å². The lowest BCUT2D eigenvalue weighted by atomic mass is 10.3. The van der Waals surface area contributed by atoms with Crippen molar-refractivity contribution in [3.05, 3.63) is 52.7 Å². The second-order valence-electron chi connectivity index (χ2n) is 3.79. The van der Waals surface area contributed by atoms with Gasteiger partial charge in [-0.1, -0.05) is 11.6 Å². The molecule has 0 radical (unpaired) electrons. The van der Waals surface area contributed by atoms with Crippen LogP contribution in [0.4, 0.5) is 8.78 Å². The molecule has 0 saturated carbocycles. The van der Waals surface area contributed by atoms with Crippen LogP contribution in [0.5, 0.6) is 11.6 Å². The highest BCUT2D eigenvalue weighted by Crippen LogP contribution is 2.25. The van der Waals surface area contributed by atoms with Gasteiger partial charge in [-0.25, -0.2) is 13.8 Å². The normalized spacial score (nSPS) is 10.5. The third-order valence-corrected chi connectivity index (χ3v) is 2.69. The summed E-state index contributed by atoms with van der Waals surface area (Å²) in [5.74, 6) is -1.34. The van der Waals surface area contributed by atoms with Crippen LogP contribution in [0.15, 0.2) is 30.3 Å². The molecule has 0 amide bonds. The molecule has 0 aliphatic rings. The number of rotatable bonds is 4. The quantitative estimate of drug-likeness (QED) is 0.933. The highest BCUT2D eigenvalue weighted by Gasteiger charge is 2.09. The van der Waals surface area contributed by atoms with Gasteiger partial charge in [0, 0.05) is 18.7 Å². The number of nitrogens with one attached hydrogen (secondary N) is 1. The molecule has 0 spiro atoms. The van der Waals surface area contributed by atoms with Crippen LogP contribution in [0.1, 0.15) is 5.69 Å². The van der Waals surface area contributed by atoms with E-state index in [2.05, 4.69) is 10.3 Å². The van der Waals surface area contributed by atoms with Crippen LogP contribution in [0, 0.1) is 11.6 Å². The Balaban J connectivity index is 2.25. The summed E-state index contributed by atoms with van der Waals surface area (Å²) in [6.07, 6.45) is 0. The molecule has 0 unspecified atom stereocenters. The average Bonchev–Trinajstić information content (AvgIpc) is 2.37. The molecule has 6 heteroatoms. The fourth-order valence-corrected chi connectivity index (χ4v) is 1.66. The van der Waals surface area contributed by atoms with E-state index in [9.17, 15) is 8.78 Å². The third kappa shape index (κ3) is 3.39. The fraction of sp³-hybridized carbons (Fsp3) is 0.154. The highest BCUT2D eigenvalue weighted by atomic mass is 35.5. The lowest BCUT2D eigenvalue weighted by molar-refractivity contribution is 0.422. The number of hydrogen-bond acceptors (Lipinski definition) is 3. The first kappa shape index (κ1) is 13.7. The Morgan fingerprint density at radius 3 is 2.74 bits per heavy atom. The molecule has 1 heterocycles. The van der Waals surface area contributed by atoms with E-state index in [0.29, 0.717) is 17.3 Å². The number of benzene rings is 1. The maximum atomic E-state index is 13.4. The minimum absolute atomic E-state index is 0.0911. The zero-order chi connectivity index (χ0) is 13.8. The van der Waals surface area contributed by atoms with Gasteiger partial charge in [0.25, 0.3) is 0 Å². The molecule has 0 bridgehead atoms. The maximum absolute atomic E-state index is 13.4. The zero-order valence-electron chi connectivity index (χ0n) is 10.1. The van der Waals surface area contributed by atoms with Crippen molar-refractivity contribution < 1.29 is 13.5 Å². The number of nitrogens with zero attached hydrogens (tertiary/aromatic N) is 1. The predicted molar refractivity (Wildman–Crippen MR) is 68.4 cm³/mol. The first-order valence-corrected chi connectivity index (χ1v) is 5.91. The smallest absolute Gasteiger partial charge is 0.219 e. The first-order chi connectivity index (χ1) is 9.10. The molecule has 1 aromatic heterocycles. The third-order valence-electron chi connectivity index (χ3n) is 2.35. The summed E-state index contributed by atoms with van der Waals surface area (Å²) >= 11 is 5.95. The summed E-state index contributed by atoms with van der Waals surface area (Å²) in [4.78, 5) is 4.14. The molecule has 0 aliphatic heterocycles. The van der Waals surface area contributed by atoms with Gasteiger partial charge in [-0.2, -0.15) is 0 Å². The molecule has 0 atom stereocenters. The highest BCUT2D eigenvalue weighted by molar-refractivity contribution is 6.31. The van der Waals surface area contributed by atoms with Crippen molar-refractivity contribution in [3.63, 3.8) is 0 Å². The van der Waals surface area contributed by atoms with Crippen LogP contribution in [-0.2, 0) is 6.54 Å². The maximum Gasteiger partial charge on any atom is 0.219 e. The predicted octanol–water partition coefficient (Wildman–Crippen LogP) is 3.52. The van der Waals surface area contributed by atoms with E-state index in [4.69, 9.17) is 16.3 Å². The Morgan fingerprint density at radius 2 is 2.05 bits per heavy atom. The molecule has 1 N–H and O–H groups in total. The number of aromatic nitrogens is 1. The Hall–Kier alpha value is -1.72. The molecular formula is C13H11ClF2N2O. The largest absolute Gasteiger partial charge is 0.436 e. The van der Waals surface area contributed by atoms with Crippen molar-refractivity contribution in [2.24, 2.45) is 0 Å². The van der Waals surface area contributed by atoms with E-state index in [-0.39, 0.29) is 11.6 Å². The van der Waals surface area contributed by atoms with Gasteiger partial charge < -0.3 is 10.1 Å². The van der Waals surface area contributed by atoms with E-state index >= 15 is 0 Å². The number of hydrogen-bond donors (Lipinski definition) is 1. The minimum Gasteiger partial charge on any atom is -0.436 e. The number of halogens is 3. The Kier molecular flexibility index (Phi) is 4.29. The average molecular weight is 285 g/mol. The van der Waals surface area contributed by atoms with Gasteiger partial charge in [0.1, 0.15) is 5.82 Å². The molecule has 0 fully saturated rings. The van der Waals surface area contributed by atoms with Gasteiger partial charge in [-0.15, -0.1) is 0 Å². The Morgan fingerprint density at radius 1 is 1.26 bits per heavy atom. The molecule has 19 heavy (non-hydrogen) atoms. The molecular weight excluding hydrogens is 274 g/mol. The van der Waals surface area contributed by atoms with Gasteiger partial charge >= 0.3 is 0 Å². The Labute approximate surface area is 114 Å². The molecule has 100 valence electrons. The monoisotopic (exact) mass is 284 g/mol. The SMILES string of the molecule is CNCc1nc(Oc2ccc(F)cc2F)ccc1Cl. The summed E-state index contributed by atoms with van der Waals surface area (Å²) in [5, 5.41) is 3.40. The summed E-state index contributed by atoms with van der Waals surface area (Å²) in [6.45, 7) is 0.460. The van der Waals surface area contributed by atoms with Crippen LogP contribution in [0.25, 0.3) is 0 Å². The lowest BCUT2D eigenvalue weighted by Crippen LogP contribution is -2.08. The second-order valence-corrected chi connectivity index (χ2v) is 4.19. The summed E-state index contributed by atoms with van der Waals surface area (Å²) in [7, 11) is 1.76. The molecule has 1 aromatic carbocycles. The van der Waals surface area contributed by atoms with Crippen LogP contribution >= 0.6 is 11.6 Å². The van der Waals surface area contributed by atoms with Crippen molar-refractivity contribution in [1.29, 1.82) is 0 Å². The zero-order valence-corrected chi connectivity index (χ0v) is 10.8. The van der Waals surface area contributed by atoms with Crippen LogP contribution < -0.4 is 10.1 Å². The van der Waals surface area contributed by atoms with E-state index in [0.717, 1.165) is 12.1 Å². The minimum atomic E-state index is -0.785. The van der Waals surface area contributed by atoms with Crippen molar-refractivity contribution in [3.8, 4) is 11.6 Å². The second kappa shape index (κ2) is 5.95. The van der Waals surface area contributed by atoms with Crippen LogP contribution in [0.3, 0.4) is 0 Å². The van der Waals surface area contributed by atoms with E-state index in [1.54, 1.807) is 13.1 Å². The summed E-state index contributed by atoms with van der Waals surface area (Å²) in [6, 6.07) is 6.20. The van der Waals surface area contributed by atoms with Gasteiger partial charge in [0.2, 0.25) is 5.88 Å². The molecule has 3 nitrogen and oxygen atoms in total. The topological polar surface area (TPSA) is 34.2 Å². The molecule has 2 aromatic rings. The van der Waals surface area contributed by atoms with Crippen molar-refractivity contribution in [2.75, 3.05) is 7.05 Å². The molecule has 2 rings (SSSR count). The van der Waals surface area contributed by atoms with Gasteiger partial charge in [-0.3, -0.25) is 0 Å². The van der Waals surface area contributed by atoms with Gasteiger partial charge in [-0.05, 0) is 25.2 Å². The fourth-order valence-electron chi connectivity index (χ4n) is 1.48. The van der Waals surface area contributed by atoms with Crippen molar-refractivity contribution in [1.82, 2.24) is 10.3 Å². The Bertz CT molecular complexity index is 593. The van der Waals surface area contributed by atoms with Gasteiger partial charge in [0.15, 0.2) is 11.6 Å². The molecule has 0 aliphatic carbocycles. The van der Waals surface area contributed by atoms with Crippen LogP contribution in [0.2, 0.25) is 5.02 Å². The number of ether oxygens (including phenoxy) is 1. The first-order valence-electron chi connectivity index (χ1n) is 5.53. The van der Waals surface area contributed by atoms with E-state index < -0.39 is 11.6 Å². The lowest BCUT2D eigenvalue weighted by Gasteiger charge is -2.08. The van der Waals surface area contributed by atoms with Crippen molar-refractivity contribution >= 4 is 11.6 Å². The van der Waals surface area contributed by atoms with E-state index in [1.165, 1.54) is 12.1 Å². The standard InChI is InChI=1S/C13H11ClF2N2O/c1-17-7-11-9(14)3-5-13(18-11)19-12-4-2-8(15)6-10(12)16/h2-6,17H,7H2,1H3. The number of pyridine rings is 1. The van der Waals surface area contributed by atoms with Crippen LogP contribution in [-0.4, -0.2) is 12.0 Å². The summed E-state index contributed by atoms with van der Waals surface area (Å²) < 4.78 is 31.5. The molecule has 0 saturated heterocycles. The van der Waals surface area contributed by atoms with Gasteiger partial charge in [0.05, 0.1) is 10.7 Å². The van der Waals surface area contributed by atoms with Crippen molar-refractivity contribution in [2.45, 2.75) is 6.54 Å².